The topological polar surface area (TPSA) is 67.4 Å². The van der Waals surface area contributed by atoms with Crippen LogP contribution >= 0.6 is 0 Å². The van der Waals surface area contributed by atoms with E-state index in [2.05, 4.69) is 10.6 Å². The van der Waals surface area contributed by atoms with Gasteiger partial charge >= 0.3 is 0 Å². The summed E-state index contributed by atoms with van der Waals surface area (Å²) in [5.74, 6) is -1.12. The van der Waals surface area contributed by atoms with Crippen LogP contribution in [0.3, 0.4) is 0 Å². The predicted octanol–water partition coefficient (Wildman–Crippen LogP) is 2.47. The molecule has 0 fully saturated rings. The van der Waals surface area contributed by atoms with Crippen LogP contribution in [0.25, 0.3) is 0 Å². The molecule has 0 saturated heterocycles. The normalized spacial score (nSPS) is 16.3. The summed E-state index contributed by atoms with van der Waals surface area (Å²) in [5.41, 5.74) is 1.51. The van der Waals surface area contributed by atoms with E-state index in [0.29, 0.717) is 22.7 Å². The molecule has 5 nitrogen and oxygen atoms in total. The van der Waals surface area contributed by atoms with Crippen molar-refractivity contribution in [3.05, 3.63) is 53.8 Å². The number of benzene rings is 2. The van der Waals surface area contributed by atoms with Gasteiger partial charge in [-0.1, -0.05) is 12.1 Å². The fraction of sp³-hybridized carbons (Fsp3) is 0.125. The number of carbonyl (C=O) groups is 2. The van der Waals surface area contributed by atoms with Crippen molar-refractivity contribution in [2.45, 2.75) is 13.0 Å². The number of aryl methyl sites for hydroxylation is 1. The monoisotopic (exact) mass is 300 g/mol. The minimum Gasteiger partial charge on any atom is -0.468 e. The first kappa shape index (κ1) is 14.1. The number of anilines is 2. The molecule has 2 aromatic carbocycles. The lowest BCUT2D eigenvalue weighted by molar-refractivity contribution is -0.133. The Bertz CT molecular complexity index is 761. The van der Waals surface area contributed by atoms with Crippen molar-refractivity contribution in [1.82, 2.24) is 0 Å². The Kier molecular flexibility index (Phi) is 3.50. The molecule has 0 unspecified atom stereocenters. The van der Waals surface area contributed by atoms with Crippen LogP contribution < -0.4 is 15.4 Å². The molecule has 3 rings (SSSR count). The zero-order valence-electron chi connectivity index (χ0n) is 11.7. The minimum absolute atomic E-state index is 0.393. The third-order valence-electron chi connectivity index (χ3n) is 3.31. The van der Waals surface area contributed by atoms with E-state index in [4.69, 9.17) is 4.74 Å². The number of hydrogen-bond donors (Lipinski definition) is 2. The van der Waals surface area contributed by atoms with Crippen molar-refractivity contribution in [1.29, 1.82) is 0 Å². The summed E-state index contributed by atoms with van der Waals surface area (Å²) in [6.45, 7) is 1.66. The first-order valence-electron chi connectivity index (χ1n) is 6.68. The third kappa shape index (κ3) is 2.63. The van der Waals surface area contributed by atoms with Crippen molar-refractivity contribution in [3.63, 3.8) is 0 Å². The Morgan fingerprint density at radius 1 is 1.27 bits per heavy atom. The Morgan fingerprint density at radius 3 is 2.82 bits per heavy atom. The molecule has 0 saturated carbocycles. The maximum absolute atomic E-state index is 13.1. The molecule has 0 aromatic heterocycles. The van der Waals surface area contributed by atoms with E-state index >= 15 is 0 Å². The summed E-state index contributed by atoms with van der Waals surface area (Å²) in [5, 5.41) is 5.19. The number of nitrogens with one attached hydrogen (secondary N) is 2. The maximum atomic E-state index is 13.1. The summed E-state index contributed by atoms with van der Waals surface area (Å²) in [6, 6.07) is 10.8. The molecule has 1 atom stereocenters. The summed E-state index contributed by atoms with van der Waals surface area (Å²) < 4.78 is 18.5. The van der Waals surface area contributed by atoms with Gasteiger partial charge in [0, 0.05) is 5.69 Å². The van der Waals surface area contributed by atoms with Gasteiger partial charge in [-0.05, 0) is 42.8 Å². The molecular weight excluding hydrogens is 287 g/mol. The van der Waals surface area contributed by atoms with Crippen molar-refractivity contribution in [2.24, 2.45) is 0 Å². The lowest BCUT2D eigenvalue weighted by Crippen LogP contribution is -2.45. The Labute approximate surface area is 126 Å². The molecule has 0 bridgehead atoms. The van der Waals surface area contributed by atoms with E-state index in [-0.39, 0.29) is 0 Å². The van der Waals surface area contributed by atoms with Gasteiger partial charge in [0.25, 0.3) is 17.9 Å². The van der Waals surface area contributed by atoms with E-state index in [1.165, 1.54) is 18.2 Å². The largest absolute Gasteiger partial charge is 0.468 e. The number of ether oxygens (including phenoxy) is 1. The molecule has 112 valence electrons. The number of hydrogen-bond acceptors (Lipinski definition) is 3. The van der Waals surface area contributed by atoms with E-state index < -0.39 is 23.7 Å². The van der Waals surface area contributed by atoms with E-state index in [9.17, 15) is 14.0 Å². The van der Waals surface area contributed by atoms with E-state index in [1.54, 1.807) is 31.2 Å². The lowest BCUT2D eigenvalue weighted by Gasteiger charge is -2.25. The highest BCUT2D eigenvalue weighted by molar-refractivity contribution is 6.15. The average Bonchev–Trinajstić information content (AvgIpc) is 2.49. The van der Waals surface area contributed by atoms with Crippen LogP contribution in [0.4, 0.5) is 15.8 Å². The fourth-order valence-corrected chi connectivity index (χ4v) is 2.19. The number of fused-ring (bicyclic) bond motifs is 1. The predicted molar refractivity (Wildman–Crippen MR) is 79.3 cm³/mol. The second-order valence-corrected chi connectivity index (χ2v) is 4.93. The Balaban J connectivity index is 1.79. The van der Waals surface area contributed by atoms with Crippen LogP contribution in [0.2, 0.25) is 0 Å². The van der Waals surface area contributed by atoms with Crippen LogP contribution in [-0.4, -0.2) is 17.9 Å². The van der Waals surface area contributed by atoms with Gasteiger partial charge < -0.3 is 15.4 Å². The van der Waals surface area contributed by atoms with Gasteiger partial charge in [-0.2, -0.15) is 0 Å². The minimum atomic E-state index is -1.29. The van der Waals surface area contributed by atoms with Crippen LogP contribution in [0.1, 0.15) is 5.56 Å². The Morgan fingerprint density at radius 2 is 2.05 bits per heavy atom. The average molecular weight is 300 g/mol. The molecule has 6 heteroatoms. The summed E-state index contributed by atoms with van der Waals surface area (Å²) in [6.07, 6.45) is -1.29. The van der Waals surface area contributed by atoms with Crippen molar-refractivity contribution >= 4 is 23.2 Å². The zero-order chi connectivity index (χ0) is 15.7. The molecule has 0 radical (unpaired) electrons. The van der Waals surface area contributed by atoms with E-state index in [0.717, 1.165) is 0 Å². The smallest absolute Gasteiger partial charge is 0.275 e. The highest BCUT2D eigenvalue weighted by Crippen LogP contribution is 2.29. The zero-order valence-corrected chi connectivity index (χ0v) is 11.7. The number of halogens is 1. The van der Waals surface area contributed by atoms with Gasteiger partial charge in [-0.25, -0.2) is 4.39 Å². The van der Waals surface area contributed by atoms with Gasteiger partial charge in [0.15, 0.2) is 0 Å². The highest BCUT2D eigenvalue weighted by atomic mass is 19.1. The van der Waals surface area contributed by atoms with Crippen LogP contribution in [0.15, 0.2) is 42.5 Å². The second-order valence-electron chi connectivity index (χ2n) is 4.93. The number of carbonyl (C=O) groups excluding carboxylic acids is 2. The fourth-order valence-electron chi connectivity index (χ4n) is 2.19. The van der Waals surface area contributed by atoms with Crippen LogP contribution in [0.5, 0.6) is 5.75 Å². The van der Waals surface area contributed by atoms with Gasteiger partial charge in [0.05, 0.1) is 5.69 Å². The third-order valence-corrected chi connectivity index (χ3v) is 3.31. The maximum Gasteiger partial charge on any atom is 0.275 e. The quantitative estimate of drug-likeness (QED) is 0.837. The SMILES string of the molecule is Cc1cc(F)ccc1NC(=O)[C@@H]1Oc2ccccc2NC1=O. The molecule has 22 heavy (non-hydrogen) atoms. The number of rotatable bonds is 2. The summed E-state index contributed by atoms with van der Waals surface area (Å²) in [4.78, 5) is 24.2. The second kappa shape index (κ2) is 5.48. The molecule has 1 aliphatic heterocycles. The van der Waals surface area contributed by atoms with Gasteiger partial charge in [0.2, 0.25) is 0 Å². The van der Waals surface area contributed by atoms with Crippen LogP contribution in [0, 0.1) is 12.7 Å². The van der Waals surface area contributed by atoms with Gasteiger partial charge in [0.1, 0.15) is 11.6 Å². The Hall–Kier alpha value is -2.89. The molecular formula is C16H13FN2O3. The summed E-state index contributed by atoms with van der Waals surface area (Å²) >= 11 is 0. The molecule has 0 spiro atoms. The first-order valence-corrected chi connectivity index (χ1v) is 6.68. The van der Waals surface area contributed by atoms with Gasteiger partial charge in [-0.3, -0.25) is 9.59 Å². The molecule has 2 N–H and O–H groups in total. The number of amides is 2. The molecule has 1 aliphatic rings. The molecule has 2 aromatic rings. The molecule has 2 amide bonds. The highest BCUT2D eigenvalue weighted by Gasteiger charge is 2.33. The first-order chi connectivity index (χ1) is 10.5. The van der Waals surface area contributed by atoms with E-state index in [1.807, 2.05) is 0 Å². The standard InChI is InChI=1S/C16H13FN2O3/c1-9-8-10(17)6-7-11(9)18-15(20)14-16(21)19-12-4-2-3-5-13(12)22-14/h2-8,14H,1H3,(H,18,20)(H,19,21)/t14-/m0/s1. The molecule has 0 aliphatic carbocycles. The summed E-state index contributed by atoms with van der Waals surface area (Å²) in [7, 11) is 0. The van der Waals surface area contributed by atoms with Gasteiger partial charge in [-0.15, -0.1) is 0 Å². The molecule has 1 heterocycles. The lowest BCUT2D eigenvalue weighted by atomic mass is 10.1. The van der Waals surface area contributed by atoms with Crippen molar-refractivity contribution < 1.29 is 18.7 Å². The van der Waals surface area contributed by atoms with Crippen LogP contribution in [-0.2, 0) is 9.59 Å². The van der Waals surface area contributed by atoms with Crippen molar-refractivity contribution in [2.75, 3.05) is 10.6 Å². The number of para-hydroxylation sites is 2. The van der Waals surface area contributed by atoms with Crippen molar-refractivity contribution in [3.8, 4) is 5.75 Å².